The van der Waals surface area contributed by atoms with Gasteiger partial charge in [-0.05, 0) is 19.8 Å². The summed E-state index contributed by atoms with van der Waals surface area (Å²) >= 11 is 1.48. The zero-order valence-corrected chi connectivity index (χ0v) is 15.0. The highest BCUT2D eigenvalue weighted by molar-refractivity contribution is 7.13. The molecule has 0 N–H and O–H groups in total. The molecule has 0 unspecified atom stereocenters. The van der Waals surface area contributed by atoms with Gasteiger partial charge in [-0.25, -0.2) is 4.98 Å². The zero-order valence-electron chi connectivity index (χ0n) is 14.2. The Bertz CT molecular complexity index is 781. The van der Waals surface area contributed by atoms with Crippen molar-refractivity contribution in [2.75, 3.05) is 26.2 Å². The molecular formula is C17H20N4O3S. The van der Waals surface area contributed by atoms with Crippen LogP contribution in [-0.2, 0) is 12.8 Å². The number of hydrogen-bond acceptors (Lipinski definition) is 6. The first-order chi connectivity index (χ1) is 12.1. The SMILES string of the molecule is Cc1cc(C(=O)N2CCc3nc(C(=O)N4CCCC4)sc3CC2)no1. The fourth-order valence-corrected chi connectivity index (χ4v) is 4.41. The van der Waals surface area contributed by atoms with Gasteiger partial charge in [0.2, 0.25) is 0 Å². The molecule has 0 spiro atoms. The first kappa shape index (κ1) is 16.3. The number of likely N-dealkylation sites (tertiary alicyclic amines) is 1. The third kappa shape index (κ3) is 3.18. The van der Waals surface area contributed by atoms with E-state index >= 15 is 0 Å². The molecule has 0 aliphatic carbocycles. The van der Waals surface area contributed by atoms with E-state index in [0.29, 0.717) is 36.0 Å². The van der Waals surface area contributed by atoms with Crippen LogP contribution in [0.3, 0.4) is 0 Å². The van der Waals surface area contributed by atoms with Crippen LogP contribution in [0.15, 0.2) is 10.6 Å². The van der Waals surface area contributed by atoms with E-state index in [1.54, 1.807) is 17.9 Å². The van der Waals surface area contributed by atoms with E-state index in [2.05, 4.69) is 10.1 Å². The van der Waals surface area contributed by atoms with E-state index in [4.69, 9.17) is 4.52 Å². The predicted octanol–water partition coefficient (Wildman–Crippen LogP) is 1.92. The maximum Gasteiger partial charge on any atom is 0.282 e. The average molecular weight is 360 g/mol. The van der Waals surface area contributed by atoms with E-state index in [1.807, 2.05) is 4.90 Å². The van der Waals surface area contributed by atoms with Crippen LogP contribution in [0, 0.1) is 6.92 Å². The van der Waals surface area contributed by atoms with Crippen LogP contribution in [0.25, 0.3) is 0 Å². The molecule has 1 saturated heterocycles. The molecule has 2 aliphatic heterocycles. The van der Waals surface area contributed by atoms with Crippen LogP contribution < -0.4 is 0 Å². The molecule has 0 saturated carbocycles. The summed E-state index contributed by atoms with van der Waals surface area (Å²) in [7, 11) is 0. The van der Waals surface area contributed by atoms with Crippen molar-refractivity contribution in [1.82, 2.24) is 19.9 Å². The van der Waals surface area contributed by atoms with Crippen molar-refractivity contribution in [3.63, 3.8) is 0 Å². The lowest BCUT2D eigenvalue weighted by Gasteiger charge is -2.18. The lowest BCUT2D eigenvalue weighted by Crippen LogP contribution is -2.33. The maximum atomic E-state index is 12.5. The van der Waals surface area contributed by atoms with Gasteiger partial charge >= 0.3 is 0 Å². The molecule has 2 aromatic heterocycles. The van der Waals surface area contributed by atoms with Crippen LogP contribution in [0.4, 0.5) is 0 Å². The highest BCUT2D eigenvalue weighted by Crippen LogP contribution is 2.25. The summed E-state index contributed by atoms with van der Waals surface area (Å²) < 4.78 is 5.00. The van der Waals surface area contributed by atoms with E-state index < -0.39 is 0 Å². The van der Waals surface area contributed by atoms with Gasteiger partial charge in [0.15, 0.2) is 10.7 Å². The highest BCUT2D eigenvalue weighted by Gasteiger charge is 2.27. The molecule has 2 amide bonds. The number of aryl methyl sites for hydroxylation is 1. The molecule has 0 bridgehead atoms. The van der Waals surface area contributed by atoms with Crippen LogP contribution in [0.5, 0.6) is 0 Å². The smallest absolute Gasteiger partial charge is 0.282 e. The molecule has 8 heteroatoms. The van der Waals surface area contributed by atoms with Crippen molar-refractivity contribution in [3.8, 4) is 0 Å². The van der Waals surface area contributed by atoms with Crippen LogP contribution in [0.2, 0.25) is 0 Å². The van der Waals surface area contributed by atoms with Crippen molar-refractivity contribution in [2.45, 2.75) is 32.6 Å². The third-order valence-corrected chi connectivity index (χ3v) is 5.86. The first-order valence-electron chi connectivity index (χ1n) is 8.62. The van der Waals surface area contributed by atoms with Crippen LogP contribution in [0.1, 0.15) is 49.5 Å². The standard InChI is InChI=1S/C17H20N4O3S/c1-11-10-13(19-24-11)16(22)21-8-4-12-14(5-9-21)25-15(18-12)17(23)20-6-2-3-7-20/h10H,2-9H2,1H3. The molecule has 4 rings (SSSR count). The molecule has 0 atom stereocenters. The summed E-state index contributed by atoms with van der Waals surface area (Å²) in [5, 5.41) is 4.41. The Hall–Kier alpha value is -2.22. The average Bonchev–Trinajstić information content (AvgIpc) is 3.33. The van der Waals surface area contributed by atoms with Gasteiger partial charge in [0.1, 0.15) is 5.76 Å². The number of thiazole rings is 1. The largest absolute Gasteiger partial charge is 0.361 e. The molecular weight excluding hydrogens is 340 g/mol. The number of aromatic nitrogens is 2. The Labute approximate surface area is 149 Å². The fraction of sp³-hybridized carbons (Fsp3) is 0.529. The number of carbonyl (C=O) groups is 2. The van der Waals surface area contributed by atoms with Crippen LogP contribution in [-0.4, -0.2) is 57.9 Å². The quantitative estimate of drug-likeness (QED) is 0.817. The second-order valence-corrected chi connectivity index (χ2v) is 7.59. The normalized spacial score (nSPS) is 17.5. The minimum atomic E-state index is -0.111. The molecule has 2 aliphatic rings. The molecule has 1 fully saturated rings. The van der Waals surface area contributed by atoms with E-state index in [1.165, 1.54) is 11.3 Å². The third-order valence-electron chi connectivity index (χ3n) is 4.72. The van der Waals surface area contributed by atoms with E-state index in [0.717, 1.165) is 42.9 Å². The number of fused-ring (bicyclic) bond motifs is 1. The zero-order chi connectivity index (χ0) is 17.4. The van der Waals surface area contributed by atoms with Gasteiger partial charge in [-0.15, -0.1) is 11.3 Å². The summed E-state index contributed by atoms with van der Waals surface area (Å²) in [6.07, 6.45) is 3.55. The first-order valence-corrected chi connectivity index (χ1v) is 9.44. The van der Waals surface area contributed by atoms with Crippen molar-refractivity contribution >= 4 is 23.2 Å². The Morgan fingerprint density at radius 1 is 1.08 bits per heavy atom. The second-order valence-electron chi connectivity index (χ2n) is 6.50. The van der Waals surface area contributed by atoms with Crippen molar-refractivity contribution in [3.05, 3.63) is 33.1 Å². The predicted molar refractivity (Wildman–Crippen MR) is 91.8 cm³/mol. The lowest BCUT2D eigenvalue weighted by atomic mass is 10.2. The molecule has 132 valence electrons. The lowest BCUT2D eigenvalue weighted by molar-refractivity contribution is 0.0749. The summed E-state index contributed by atoms with van der Waals surface area (Å²) in [5.74, 6) is 0.575. The summed E-state index contributed by atoms with van der Waals surface area (Å²) in [6, 6.07) is 1.66. The molecule has 0 radical (unpaired) electrons. The Kier molecular flexibility index (Phi) is 4.29. The highest BCUT2D eigenvalue weighted by atomic mass is 32.1. The molecule has 25 heavy (non-hydrogen) atoms. The van der Waals surface area contributed by atoms with Crippen molar-refractivity contribution < 1.29 is 14.1 Å². The minimum Gasteiger partial charge on any atom is -0.361 e. The number of rotatable bonds is 2. The maximum absolute atomic E-state index is 12.5. The Morgan fingerprint density at radius 2 is 1.80 bits per heavy atom. The summed E-state index contributed by atoms with van der Waals surface area (Å²) in [5.41, 5.74) is 1.31. The number of hydrogen-bond donors (Lipinski definition) is 0. The van der Waals surface area contributed by atoms with Gasteiger partial charge in [0, 0.05) is 50.0 Å². The molecule has 2 aromatic rings. The fourth-order valence-electron chi connectivity index (χ4n) is 3.34. The van der Waals surface area contributed by atoms with Gasteiger partial charge in [0.25, 0.3) is 11.8 Å². The van der Waals surface area contributed by atoms with Gasteiger partial charge in [0.05, 0.1) is 5.69 Å². The Morgan fingerprint density at radius 3 is 2.52 bits per heavy atom. The number of amides is 2. The topological polar surface area (TPSA) is 79.5 Å². The Balaban J connectivity index is 1.45. The van der Waals surface area contributed by atoms with E-state index in [9.17, 15) is 9.59 Å². The van der Waals surface area contributed by atoms with Crippen LogP contribution >= 0.6 is 11.3 Å². The minimum absolute atomic E-state index is 0.0570. The van der Waals surface area contributed by atoms with Crippen molar-refractivity contribution in [1.29, 1.82) is 0 Å². The number of nitrogens with zero attached hydrogens (tertiary/aromatic N) is 4. The number of carbonyl (C=O) groups excluding carboxylic acids is 2. The van der Waals surface area contributed by atoms with Crippen molar-refractivity contribution in [2.24, 2.45) is 0 Å². The van der Waals surface area contributed by atoms with Gasteiger partial charge in [-0.3, -0.25) is 9.59 Å². The van der Waals surface area contributed by atoms with Gasteiger partial charge < -0.3 is 14.3 Å². The molecule has 4 heterocycles. The summed E-state index contributed by atoms with van der Waals surface area (Å²) in [6.45, 7) is 4.63. The van der Waals surface area contributed by atoms with Gasteiger partial charge in [-0.2, -0.15) is 0 Å². The molecule has 7 nitrogen and oxygen atoms in total. The van der Waals surface area contributed by atoms with E-state index in [-0.39, 0.29) is 11.8 Å². The second kappa shape index (κ2) is 6.59. The molecule has 0 aromatic carbocycles. The van der Waals surface area contributed by atoms with Gasteiger partial charge in [-0.1, -0.05) is 5.16 Å². The summed E-state index contributed by atoms with van der Waals surface area (Å²) in [4.78, 5) is 34.4. The monoisotopic (exact) mass is 360 g/mol.